The molecule has 0 saturated heterocycles. The van der Waals surface area contributed by atoms with E-state index < -0.39 is 0 Å². The van der Waals surface area contributed by atoms with Crippen LogP contribution in [-0.2, 0) is 0 Å². The monoisotopic (exact) mass is 251 g/mol. The highest BCUT2D eigenvalue weighted by molar-refractivity contribution is 7.13. The summed E-state index contributed by atoms with van der Waals surface area (Å²) < 4.78 is 0. The number of hydrogen-bond donors (Lipinski definition) is 1. The van der Waals surface area contributed by atoms with Crippen LogP contribution in [0, 0.1) is 6.92 Å². The van der Waals surface area contributed by atoms with Gasteiger partial charge in [-0.1, -0.05) is 29.8 Å². The van der Waals surface area contributed by atoms with Crippen molar-refractivity contribution in [2.24, 2.45) is 5.10 Å². The molecule has 0 atom stereocenters. The van der Waals surface area contributed by atoms with E-state index in [0.717, 1.165) is 16.4 Å². The third-order valence-electron chi connectivity index (χ3n) is 1.89. The van der Waals surface area contributed by atoms with E-state index in [-0.39, 0.29) is 0 Å². The van der Waals surface area contributed by atoms with Crippen LogP contribution in [-0.4, -0.2) is 11.2 Å². The van der Waals surface area contributed by atoms with Crippen molar-refractivity contribution < 1.29 is 0 Å². The van der Waals surface area contributed by atoms with Crippen LogP contribution in [0.4, 0.5) is 5.13 Å². The van der Waals surface area contributed by atoms with Gasteiger partial charge < -0.3 is 0 Å². The fourth-order valence-corrected chi connectivity index (χ4v) is 1.96. The summed E-state index contributed by atoms with van der Waals surface area (Å²) in [5.41, 5.74) is 4.73. The largest absolute Gasteiger partial charge is 0.253 e. The van der Waals surface area contributed by atoms with Crippen molar-refractivity contribution in [3.63, 3.8) is 0 Å². The lowest BCUT2D eigenvalue weighted by atomic mass is 10.2. The van der Waals surface area contributed by atoms with E-state index in [1.54, 1.807) is 6.21 Å². The molecule has 2 aromatic rings. The quantitative estimate of drug-likeness (QED) is 0.669. The predicted molar refractivity (Wildman–Crippen MR) is 69.5 cm³/mol. The van der Waals surface area contributed by atoms with Gasteiger partial charge in [0.05, 0.1) is 11.9 Å². The molecule has 0 bridgehead atoms. The third-order valence-corrected chi connectivity index (χ3v) is 3.10. The van der Waals surface area contributed by atoms with Crippen LogP contribution in [0.1, 0.15) is 11.3 Å². The molecule has 0 unspecified atom stereocenters. The number of hydrazone groups is 1. The molecule has 0 fully saturated rings. The molecular formula is C11H10ClN3S. The van der Waals surface area contributed by atoms with Gasteiger partial charge in [0.2, 0.25) is 5.13 Å². The highest BCUT2D eigenvalue weighted by atomic mass is 35.5. The van der Waals surface area contributed by atoms with Gasteiger partial charge in [0, 0.05) is 16.0 Å². The zero-order valence-electron chi connectivity index (χ0n) is 8.64. The van der Waals surface area contributed by atoms with E-state index in [1.807, 2.05) is 36.6 Å². The van der Waals surface area contributed by atoms with Crippen LogP contribution in [0.5, 0.6) is 0 Å². The second kappa shape index (κ2) is 5.09. The Morgan fingerprint density at radius 2 is 2.25 bits per heavy atom. The Morgan fingerprint density at radius 1 is 1.44 bits per heavy atom. The van der Waals surface area contributed by atoms with Crippen molar-refractivity contribution in [2.75, 3.05) is 5.43 Å². The van der Waals surface area contributed by atoms with Gasteiger partial charge in [0.1, 0.15) is 0 Å². The van der Waals surface area contributed by atoms with E-state index in [9.17, 15) is 0 Å². The molecule has 0 spiro atoms. The van der Waals surface area contributed by atoms with Crippen LogP contribution in [0.15, 0.2) is 34.7 Å². The van der Waals surface area contributed by atoms with E-state index in [0.29, 0.717) is 5.02 Å². The Labute approximate surface area is 103 Å². The molecule has 3 nitrogen and oxygen atoms in total. The first-order chi connectivity index (χ1) is 7.75. The van der Waals surface area contributed by atoms with Crippen molar-refractivity contribution in [3.8, 4) is 0 Å². The van der Waals surface area contributed by atoms with Crippen LogP contribution < -0.4 is 5.43 Å². The lowest BCUT2D eigenvalue weighted by molar-refractivity contribution is 1.22. The minimum absolute atomic E-state index is 0.684. The first kappa shape index (κ1) is 11.1. The molecule has 16 heavy (non-hydrogen) atoms. The lowest BCUT2D eigenvalue weighted by Crippen LogP contribution is -1.90. The second-order valence-electron chi connectivity index (χ2n) is 3.19. The number of aryl methyl sites for hydroxylation is 1. The van der Waals surface area contributed by atoms with Gasteiger partial charge in [-0.15, -0.1) is 11.3 Å². The fourth-order valence-electron chi connectivity index (χ4n) is 1.14. The molecule has 0 aliphatic carbocycles. The number of anilines is 1. The third kappa shape index (κ3) is 2.81. The summed E-state index contributed by atoms with van der Waals surface area (Å²) in [5.74, 6) is 0. The summed E-state index contributed by atoms with van der Waals surface area (Å²) in [6, 6.07) is 7.54. The van der Waals surface area contributed by atoms with Crippen molar-refractivity contribution in [2.45, 2.75) is 6.92 Å². The maximum Gasteiger partial charge on any atom is 0.203 e. The summed E-state index contributed by atoms with van der Waals surface area (Å²) in [6.45, 7) is 1.94. The van der Waals surface area contributed by atoms with E-state index >= 15 is 0 Å². The van der Waals surface area contributed by atoms with Crippen LogP contribution >= 0.6 is 22.9 Å². The molecule has 5 heteroatoms. The first-order valence-corrected chi connectivity index (χ1v) is 5.97. The Bertz CT molecular complexity index is 507. The van der Waals surface area contributed by atoms with Gasteiger partial charge in [-0.2, -0.15) is 5.10 Å². The Kier molecular flexibility index (Phi) is 3.54. The van der Waals surface area contributed by atoms with E-state index in [1.165, 1.54) is 11.3 Å². The summed E-state index contributed by atoms with van der Waals surface area (Å²) in [4.78, 5) is 4.22. The van der Waals surface area contributed by atoms with Gasteiger partial charge in [-0.25, -0.2) is 4.98 Å². The Morgan fingerprint density at radius 3 is 2.94 bits per heavy atom. The average Bonchev–Trinajstić information content (AvgIpc) is 2.67. The standard InChI is InChI=1S/C11H10ClN3S/c1-8-7-16-11(14-8)15-13-6-9-4-2-3-5-10(9)12/h2-7H,1H3,(H,14,15). The second-order valence-corrected chi connectivity index (χ2v) is 4.45. The minimum atomic E-state index is 0.684. The smallest absolute Gasteiger partial charge is 0.203 e. The number of hydrogen-bond acceptors (Lipinski definition) is 4. The number of benzene rings is 1. The van der Waals surface area contributed by atoms with Gasteiger partial charge >= 0.3 is 0 Å². The highest BCUT2D eigenvalue weighted by Gasteiger charge is 1.96. The normalized spacial score (nSPS) is 10.9. The summed E-state index contributed by atoms with van der Waals surface area (Å²) in [5, 5.41) is 7.50. The van der Waals surface area contributed by atoms with Crippen LogP contribution in [0.3, 0.4) is 0 Å². The molecule has 1 heterocycles. The van der Waals surface area contributed by atoms with Gasteiger partial charge in [0.15, 0.2) is 0 Å². The maximum absolute atomic E-state index is 5.98. The van der Waals surface area contributed by atoms with E-state index in [2.05, 4.69) is 15.5 Å². The molecule has 2 rings (SSSR count). The zero-order valence-corrected chi connectivity index (χ0v) is 10.2. The number of rotatable bonds is 3. The molecule has 0 aliphatic rings. The molecule has 1 N–H and O–H groups in total. The van der Waals surface area contributed by atoms with Crippen LogP contribution in [0.2, 0.25) is 5.02 Å². The summed E-state index contributed by atoms with van der Waals surface area (Å²) >= 11 is 7.50. The number of nitrogens with one attached hydrogen (secondary N) is 1. The van der Waals surface area contributed by atoms with Gasteiger partial charge in [-0.05, 0) is 13.0 Å². The van der Waals surface area contributed by atoms with Crippen molar-refractivity contribution >= 4 is 34.3 Å². The molecule has 1 aromatic carbocycles. The molecule has 0 saturated carbocycles. The molecule has 1 aromatic heterocycles. The first-order valence-electron chi connectivity index (χ1n) is 4.71. The number of thiazole rings is 1. The molecule has 82 valence electrons. The fraction of sp³-hybridized carbons (Fsp3) is 0.0909. The minimum Gasteiger partial charge on any atom is -0.253 e. The lowest BCUT2D eigenvalue weighted by Gasteiger charge is -1.96. The molecule has 0 amide bonds. The number of nitrogens with zero attached hydrogens (tertiary/aromatic N) is 2. The SMILES string of the molecule is Cc1csc(NN=Cc2ccccc2Cl)n1. The topological polar surface area (TPSA) is 37.3 Å². The molecule has 0 aliphatic heterocycles. The van der Waals surface area contributed by atoms with Crippen LogP contribution in [0.25, 0.3) is 0 Å². The van der Waals surface area contributed by atoms with Crippen molar-refractivity contribution in [3.05, 3.63) is 45.9 Å². The summed E-state index contributed by atoms with van der Waals surface area (Å²) in [6.07, 6.45) is 1.68. The van der Waals surface area contributed by atoms with Gasteiger partial charge in [0.25, 0.3) is 0 Å². The highest BCUT2D eigenvalue weighted by Crippen LogP contribution is 2.15. The number of halogens is 1. The predicted octanol–water partition coefficient (Wildman–Crippen LogP) is 3.55. The zero-order chi connectivity index (χ0) is 11.4. The Hall–Kier alpha value is -1.39. The molecular weight excluding hydrogens is 242 g/mol. The average molecular weight is 252 g/mol. The van der Waals surface area contributed by atoms with Gasteiger partial charge in [-0.3, -0.25) is 5.43 Å². The maximum atomic E-state index is 5.98. The van der Waals surface area contributed by atoms with Crippen molar-refractivity contribution in [1.29, 1.82) is 0 Å². The number of aromatic nitrogens is 1. The summed E-state index contributed by atoms with van der Waals surface area (Å²) in [7, 11) is 0. The van der Waals surface area contributed by atoms with Crippen molar-refractivity contribution in [1.82, 2.24) is 4.98 Å². The molecule has 0 radical (unpaired) electrons. The van der Waals surface area contributed by atoms with E-state index in [4.69, 9.17) is 11.6 Å². The Balaban J connectivity index is 2.03.